The number of pyridine rings is 1. The molecule has 24 heteroatoms. The van der Waals surface area contributed by atoms with E-state index < -0.39 is 89.2 Å². The van der Waals surface area contributed by atoms with Crippen LogP contribution in [0.15, 0.2) is 49.1 Å². The number of nitrogens with zero attached hydrogens (tertiary/aromatic N) is 10. The van der Waals surface area contributed by atoms with Crippen LogP contribution in [0.4, 0.5) is 35.5 Å². The fourth-order valence-electron chi connectivity index (χ4n) is 7.70. The number of nitrogens with one attached hydrogen (secondary N) is 2. The molecule has 0 radical (unpaired) electrons. The van der Waals surface area contributed by atoms with E-state index in [4.69, 9.17) is 16.3 Å². The lowest BCUT2D eigenvalue weighted by atomic mass is 9.90. The number of fused-ring (bicyclic) bond motifs is 2. The van der Waals surface area contributed by atoms with Crippen LogP contribution in [-0.4, -0.2) is 90.8 Å². The third kappa shape index (κ3) is 10.2. The van der Waals surface area contributed by atoms with E-state index in [2.05, 4.69) is 40.9 Å². The zero-order chi connectivity index (χ0) is 49.1. The Labute approximate surface area is 382 Å². The van der Waals surface area contributed by atoms with E-state index >= 15 is 8.78 Å². The monoisotopic (exact) mass is 960 g/mol. The molecule has 1 aliphatic heterocycles. The van der Waals surface area contributed by atoms with Gasteiger partial charge in [-0.15, -0.1) is 0 Å². The molecular weight excluding hydrogens is 917 g/mol. The highest BCUT2D eigenvalue weighted by atomic mass is 35.5. The molecule has 0 saturated heterocycles. The van der Waals surface area contributed by atoms with Gasteiger partial charge in [-0.2, -0.15) is 37.2 Å². The summed E-state index contributed by atoms with van der Waals surface area (Å²) in [4.78, 5) is 55.5. The first-order chi connectivity index (χ1) is 31.1. The van der Waals surface area contributed by atoms with Crippen LogP contribution in [0.3, 0.4) is 0 Å². The van der Waals surface area contributed by atoms with Gasteiger partial charge in [0.25, 0.3) is 5.91 Å². The molecule has 0 bridgehead atoms. The average molecular weight is 961 g/mol. The molecule has 356 valence electrons. The first-order valence-corrected chi connectivity index (χ1v) is 20.9. The standard InChI is InChI=1S/C43H44ClF7N12O4/c1-40(2,3)67-39(66)57-42(6,7)37-52-17-22(18-53-37)27-15-30(43(49,50)51)58-63(27)20-41(4,5)56-35(64)29(13-21-16-54-62(19-21)38(47)48)61-12-11-23-24(9-10-25(45)31(23)36(61)65)32-26(46)14-28-33(55-32)34(44)59-60(28)8/h9-10,14-19,29,38H,11-13,20H2,1-8H3,(H,56,64)(H,57,66)/t29-/m1/s1. The van der Waals surface area contributed by atoms with Crippen molar-refractivity contribution in [2.45, 2.75) is 103 Å². The Kier molecular flexibility index (Phi) is 12.6. The zero-order valence-corrected chi connectivity index (χ0v) is 38.0. The predicted octanol–water partition coefficient (Wildman–Crippen LogP) is 7.80. The van der Waals surface area contributed by atoms with Crippen molar-refractivity contribution >= 4 is 40.5 Å². The fraction of sp³-hybridized carbons (Fsp3) is 0.419. The Bertz CT molecular complexity index is 2890. The Morgan fingerprint density at radius 2 is 1.63 bits per heavy atom. The minimum absolute atomic E-state index is 0.0214. The number of alkyl halides is 5. The number of amides is 3. The summed E-state index contributed by atoms with van der Waals surface area (Å²) in [5, 5.41) is 16.9. The van der Waals surface area contributed by atoms with Crippen molar-refractivity contribution in [2.24, 2.45) is 7.05 Å². The number of carbonyl (C=O) groups is 3. The number of halogens is 8. The topological polar surface area (TPSA) is 180 Å². The van der Waals surface area contributed by atoms with Gasteiger partial charge in [-0.1, -0.05) is 11.6 Å². The number of alkyl carbamates (subject to hydrolysis) is 1. The number of aryl methyl sites for hydroxylation is 1. The smallest absolute Gasteiger partial charge is 0.435 e. The highest BCUT2D eigenvalue weighted by molar-refractivity contribution is 6.33. The molecule has 5 aromatic heterocycles. The number of carbonyl (C=O) groups excluding carboxylic acids is 3. The van der Waals surface area contributed by atoms with Gasteiger partial charge in [0.2, 0.25) is 5.91 Å². The molecule has 7 rings (SSSR count). The Morgan fingerprint density at radius 3 is 2.25 bits per heavy atom. The van der Waals surface area contributed by atoms with E-state index in [1.165, 1.54) is 37.0 Å². The predicted molar refractivity (Wildman–Crippen MR) is 227 cm³/mol. The van der Waals surface area contributed by atoms with Gasteiger partial charge >= 0.3 is 18.8 Å². The first kappa shape index (κ1) is 48.3. The van der Waals surface area contributed by atoms with Crippen molar-refractivity contribution in [1.82, 2.24) is 59.8 Å². The van der Waals surface area contributed by atoms with E-state index in [-0.39, 0.29) is 68.6 Å². The van der Waals surface area contributed by atoms with Crippen molar-refractivity contribution in [3.05, 3.63) is 94.0 Å². The maximum absolute atomic E-state index is 15.8. The second kappa shape index (κ2) is 17.5. The molecule has 67 heavy (non-hydrogen) atoms. The molecule has 1 atom stereocenters. The van der Waals surface area contributed by atoms with Crippen molar-refractivity contribution in [1.29, 1.82) is 0 Å². The molecule has 16 nitrogen and oxygen atoms in total. The van der Waals surface area contributed by atoms with Gasteiger partial charge in [0.05, 0.1) is 40.6 Å². The van der Waals surface area contributed by atoms with Gasteiger partial charge in [0.1, 0.15) is 28.7 Å². The van der Waals surface area contributed by atoms with Gasteiger partial charge in [-0.25, -0.2) is 33.2 Å². The van der Waals surface area contributed by atoms with E-state index in [0.29, 0.717) is 4.68 Å². The summed E-state index contributed by atoms with van der Waals surface area (Å²) in [5.41, 5.74) is -4.74. The van der Waals surface area contributed by atoms with Crippen LogP contribution in [-0.2, 0) is 47.7 Å². The van der Waals surface area contributed by atoms with Crippen LogP contribution < -0.4 is 10.6 Å². The number of aromatic nitrogens is 9. The van der Waals surface area contributed by atoms with Crippen LogP contribution in [0.5, 0.6) is 0 Å². The molecule has 1 aliphatic rings. The largest absolute Gasteiger partial charge is 0.444 e. The lowest BCUT2D eigenvalue weighted by Gasteiger charge is -2.37. The van der Waals surface area contributed by atoms with E-state index in [9.17, 15) is 36.3 Å². The Balaban J connectivity index is 1.19. The minimum atomic E-state index is -4.90. The Hall–Kier alpha value is -6.65. The molecule has 0 saturated carbocycles. The maximum atomic E-state index is 15.8. The third-order valence-electron chi connectivity index (χ3n) is 10.7. The molecule has 0 unspecified atom stereocenters. The number of hydrogen-bond acceptors (Lipinski definition) is 10. The number of hydrogen-bond donors (Lipinski definition) is 2. The van der Waals surface area contributed by atoms with Crippen LogP contribution in [0.25, 0.3) is 33.5 Å². The summed E-state index contributed by atoms with van der Waals surface area (Å²) >= 11 is 6.25. The quantitative estimate of drug-likeness (QED) is 0.115. The molecule has 6 aromatic rings. The van der Waals surface area contributed by atoms with Crippen molar-refractivity contribution < 1.29 is 49.9 Å². The van der Waals surface area contributed by atoms with E-state index in [1.54, 1.807) is 41.7 Å². The summed E-state index contributed by atoms with van der Waals surface area (Å²) in [6.07, 6.45) is -1.64. The second-order valence-corrected chi connectivity index (χ2v) is 18.5. The summed E-state index contributed by atoms with van der Waals surface area (Å²) in [6, 6.07) is 2.62. The van der Waals surface area contributed by atoms with Crippen molar-refractivity contribution in [3.63, 3.8) is 0 Å². The average Bonchev–Trinajstić information content (AvgIpc) is 3.93. The van der Waals surface area contributed by atoms with Crippen molar-refractivity contribution in [3.8, 4) is 22.5 Å². The zero-order valence-electron chi connectivity index (χ0n) is 37.2. The summed E-state index contributed by atoms with van der Waals surface area (Å²) < 4.78 is 109. The Morgan fingerprint density at radius 1 is 0.940 bits per heavy atom. The van der Waals surface area contributed by atoms with E-state index in [0.717, 1.165) is 40.2 Å². The molecule has 0 spiro atoms. The molecule has 0 fully saturated rings. The maximum Gasteiger partial charge on any atom is 0.435 e. The molecule has 6 heterocycles. The third-order valence-corrected chi connectivity index (χ3v) is 10.9. The SMILES string of the molecule is Cn1nc(Cl)c2nc(-c3ccc(F)c4c3CCN([C@H](Cc3cnn(C(F)F)c3)C(=O)NC(C)(C)Cn3nc(C(F)(F)F)cc3-c3cnc(C(C)(C)NC(=O)OC(C)(C)C)nc3)C4=O)c(F)cc21. The number of rotatable bonds is 12. The van der Waals surface area contributed by atoms with Gasteiger partial charge < -0.3 is 20.3 Å². The molecule has 1 aromatic carbocycles. The lowest BCUT2D eigenvalue weighted by Crippen LogP contribution is -2.58. The molecule has 0 aliphatic carbocycles. The first-order valence-electron chi connectivity index (χ1n) is 20.6. The van der Waals surface area contributed by atoms with Crippen molar-refractivity contribution in [2.75, 3.05) is 6.54 Å². The summed E-state index contributed by atoms with van der Waals surface area (Å²) in [7, 11) is 1.54. The van der Waals surface area contributed by atoms with Crippen LogP contribution >= 0.6 is 11.6 Å². The normalized spacial score (nSPS) is 14.2. The van der Waals surface area contributed by atoms with Gasteiger partial charge in [-0.3, -0.25) is 19.0 Å². The van der Waals surface area contributed by atoms with Gasteiger partial charge in [0.15, 0.2) is 22.5 Å². The number of benzene rings is 1. The molecule has 2 N–H and O–H groups in total. The molecular formula is C43H44ClF7N12O4. The lowest BCUT2D eigenvalue weighted by molar-refractivity contribution is -0.141. The van der Waals surface area contributed by atoms with E-state index in [1.807, 2.05) is 0 Å². The number of ether oxygens (including phenoxy) is 1. The minimum Gasteiger partial charge on any atom is -0.444 e. The second-order valence-electron chi connectivity index (χ2n) is 18.1. The fourth-order valence-corrected chi connectivity index (χ4v) is 7.95. The van der Waals surface area contributed by atoms with Crippen LogP contribution in [0.2, 0.25) is 5.15 Å². The van der Waals surface area contributed by atoms with Gasteiger partial charge in [0, 0.05) is 55.8 Å². The van der Waals surface area contributed by atoms with Crippen LogP contribution in [0, 0.1) is 11.6 Å². The van der Waals surface area contributed by atoms with Crippen LogP contribution in [0.1, 0.15) is 88.0 Å². The highest BCUT2D eigenvalue weighted by Gasteiger charge is 2.41. The summed E-state index contributed by atoms with van der Waals surface area (Å²) in [6.45, 7) is 7.50. The van der Waals surface area contributed by atoms with Gasteiger partial charge in [-0.05, 0) is 84.2 Å². The summed E-state index contributed by atoms with van der Waals surface area (Å²) in [5.74, 6) is -3.57. The highest BCUT2D eigenvalue weighted by Crippen LogP contribution is 2.37. The molecule has 3 amide bonds.